The first-order valence-corrected chi connectivity index (χ1v) is 14.3. The van der Waals surface area contributed by atoms with E-state index in [1.165, 1.54) is 35.2 Å². The number of sulfone groups is 1. The van der Waals surface area contributed by atoms with E-state index < -0.39 is 15.7 Å². The lowest BCUT2D eigenvalue weighted by atomic mass is 10.1. The first-order valence-electron chi connectivity index (χ1n) is 12.8. The van der Waals surface area contributed by atoms with Crippen LogP contribution >= 0.6 is 0 Å². The van der Waals surface area contributed by atoms with Gasteiger partial charge in [-0.25, -0.2) is 8.42 Å². The summed E-state index contributed by atoms with van der Waals surface area (Å²) in [6.45, 7) is 4.00. The zero-order valence-electron chi connectivity index (χ0n) is 21.6. The fraction of sp³-hybridized carbons (Fsp3) is 0.161. The van der Waals surface area contributed by atoms with E-state index in [0.29, 0.717) is 13.1 Å². The normalized spacial score (nSPS) is 13.7. The van der Waals surface area contributed by atoms with Gasteiger partial charge in [0, 0.05) is 30.9 Å². The highest BCUT2D eigenvalue weighted by Gasteiger charge is 2.36. The second kappa shape index (κ2) is 11.1. The number of hydrogen-bond acceptors (Lipinski definition) is 5. The molecule has 0 atom stereocenters. The Morgan fingerprint density at radius 2 is 1.51 bits per heavy atom. The van der Waals surface area contributed by atoms with E-state index in [2.05, 4.69) is 17.1 Å². The highest BCUT2D eigenvalue weighted by Crippen LogP contribution is 2.38. The summed E-state index contributed by atoms with van der Waals surface area (Å²) >= 11 is 0. The van der Waals surface area contributed by atoms with Crippen LogP contribution in [-0.4, -0.2) is 39.9 Å². The number of para-hydroxylation sites is 1. The van der Waals surface area contributed by atoms with Gasteiger partial charge in [0.05, 0.1) is 27.6 Å². The van der Waals surface area contributed by atoms with E-state index in [4.69, 9.17) is 0 Å². The predicted octanol–water partition coefficient (Wildman–Crippen LogP) is 4.94. The van der Waals surface area contributed by atoms with Crippen molar-refractivity contribution in [3.05, 3.63) is 120 Å². The van der Waals surface area contributed by atoms with E-state index in [0.717, 1.165) is 17.8 Å². The van der Waals surface area contributed by atoms with Crippen molar-refractivity contribution in [2.45, 2.75) is 23.3 Å². The molecule has 7 nitrogen and oxygen atoms in total. The topological polar surface area (TPSA) is 86.8 Å². The maximum atomic E-state index is 13.7. The average Bonchev–Trinajstić information content (AvgIpc) is 3.04. The number of amides is 2. The van der Waals surface area contributed by atoms with Crippen LogP contribution in [0.4, 0.5) is 11.4 Å². The zero-order chi connectivity index (χ0) is 27.4. The maximum Gasteiger partial charge on any atom is 0.259 e. The van der Waals surface area contributed by atoms with Crippen LogP contribution in [0.2, 0.25) is 0 Å². The van der Waals surface area contributed by atoms with Crippen LogP contribution in [0.1, 0.15) is 33.2 Å². The molecule has 2 amide bonds. The minimum Gasteiger partial charge on any atom is -0.370 e. The van der Waals surface area contributed by atoms with E-state index in [-0.39, 0.29) is 39.1 Å². The Hall–Kier alpha value is -4.43. The lowest BCUT2D eigenvalue weighted by Gasteiger charge is -2.24. The molecule has 0 unspecified atom stereocenters. The number of rotatable bonds is 8. The molecule has 1 aliphatic heterocycles. The summed E-state index contributed by atoms with van der Waals surface area (Å²) in [7, 11) is -4.00. The molecule has 1 aliphatic rings. The average molecular weight is 540 g/mol. The molecule has 4 aromatic carbocycles. The van der Waals surface area contributed by atoms with Crippen LogP contribution in [0.3, 0.4) is 0 Å². The fourth-order valence-corrected chi connectivity index (χ4v) is 6.42. The minimum atomic E-state index is -4.00. The van der Waals surface area contributed by atoms with Gasteiger partial charge in [0.1, 0.15) is 0 Å². The third-order valence-electron chi connectivity index (χ3n) is 6.81. The molecule has 0 aliphatic carbocycles. The first kappa shape index (κ1) is 26.2. The number of nitrogens with one attached hydrogen (secondary N) is 1. The molecule has 0 spiro atoms. The summed E-state index contributed by atoms with van der Waals surface area (Å²) in [6, 6.07) is 30.0. The lowest BCUT2D eigenvalue weighted by Crippen LogP contribution is -2.35. The molecule has 0 saturated carbocycles. The predicted molar refractivity (Wildman–Crippen MR) is 152 cm³/mol. The Kier molecular flexibility index (Phi) is 7.47. The summed E-state index contributed by atoms with van der Waals surface area (Å²) in [5.41, 5.74) is 2.48. The van der Waals surface area contributed by atoms with Crippen molar-refractivity contribution in [3.8, 4) is 0 Å². The Bertz CT molecular complexity index is 1610. The smallest absolute Gasteiger partial charge is 0.259 e. The standard InChI is InChI=1S/C31H29N3O4S/c1-2-33(25-13-7-4-8-14-25)20-19-32-30(35)24-17-18-29-27(21-24)34(22-23-11-5-3-6-12-23)31(36)26-15-9-10-16-28(26)39(29,37)38/h3-18,21H,2,19-20,22H2,1H3,(H,32,35). The van der Waals surface area contributed by atoms with Gasteiger partial charge in [0.15, 0.2) is 0 Å². The SMILES string of the molecule is CCN(CCNC(=O)c1ccc2c(c1)N(Cc1ccccc1)C(=O)c1ccccc1S2(=O)=O)c1ccccc1. The van der Waals surface area contributed by atoms with Gasteiger partial charge in [-0.1, -0.05) is 60.7 Å². The van der Waals surface area contributed by atoms with Gasteiger partial charge >= 0.3 is 0 Å². The van der Waals surface area contributed by atoms with Crippen LogP contribution in [0.15, 0.2) is 113 Å². The molecular formula is C31H29N3O4S. The van der Waals surface area contributed by atoms with Crippen molar-refractivity contribution >= 4 is 33.0 Å². The third kappa shape index (κ3) is 5.28. The summed E-state index contributed by atoms with van der Waals surface area (Å²) in [6.07, 6.45) is 0. The van der Waals surface area contributed by atoms with Crippen LogP contribution in [-0.2, 0) is 16.4 Å². The largest absolute Gasteiger partial charge is 0.370 e. The summed E-state index contributed by atoms with van der Waals surface area (Å²) in [5, 5.41) is 2.94. The van der Waals surface area contributed by atoms with E-state index >= 15 is 0 Å². The van der Waals surface area contributed by atoms with Gasteiger partial charge in [-0.05, 0) is 55.0 Å². The summed E-state index contributed by atoms with van der Waals surface area (Å²) in [4.78, 5) is 30.5. The second-order valence-corrected chi connectivity index (χ2v) is 11.1. The minimum absolute atomic E-state index is 0.00508. The fourth-order valence-electron chi connectivity index (χ4n) is 4.79. The molecule has 8 heteroatoms. The molecule has 39 heavy (non-hydrogen) atoms. The Labute approximate surface area is 228 Å². The zero-order valence-corrected chi connectivity index (χ0v) is 22.4. The Morgan fingerprint density at radius 1 is 0.846 bits per heavy atom. The van der Waals surface area contributed by atoms with Crippen molar-refractivity contribution in [1.82, 2.24) is 5.32 Å². The van der Waals surface area contributed by atoms with E-state index in [9.17, 15) is 18.0 Å². The number of benzene rings is 4. The number of nitrogens with zero attached hydrogens (tertiary/aromatic N) is 2. The molecule has 198 valence electrons. The quantitative estimate of drug-likeness (QED) is 0.343. The maximum absolute atomic E-state index is 13.7. The molecule has 5 rings (SSSR count). The number of carbonyl (C=O) groups excluding carboxylic acids is 2. The second-order valence-electron chi connectivity index (χ2n) is 9.23. The van der Waals surface area contributed by atoms with E-state index in [1.807, 2.05) is 60.7 Å². The monoisotopic (exact) mass is 539 g/mol. The number of carbonyl (C=O) groups is 2. The summed E-state index contributed by atoms with van der Waals surface area (Å²) in [5.74, 6) is -0.774. The lowest BCUT2D eigenvalue weighted by molar-refractivity contribution is 0.0950. The highest BCUT2D eigenvalue weighted by molar-refractivity contribution is 7.91. The van der Waals surface area contributed by atoms with Crippen molar-refractivity contribution < 1.29 is 18.0 Å². The Balaban J connectivity index is 1.46. The number of fused-ring (bicyclic) bond motifs is 2. The highest BCUT2D eigenvalue weighted by atomic mass is 32.2. The third-order valence-corrected chi connectivity index (χ3v) is 8.67. The van der Waals surface area contributed by atoms with Gasteiger partial charge in [-0.2, -0.15) is 0 Å². The van der Waals surface area contributed by atoms with E-state index in [1.54, 1.807) is 12.1 Å². The van der Waals surface area contributed by atoms with Crippen LogP contribution < -0.4 is 15.1 Å². The van der Waals surface area contributed by atoms with Crippen LogP contribution in [0.25, 0.3) is 0 Å². The molecule has 0 saturated heterocycles. The van der Waals surface area contributed by atoms with Gasteiger partial charge in [-0.3, -0.25) is 9.59 Å². The molecular weight excluding hydrogens is 510 g/mol. The number of anilines is 2. The molecule has 1 N–H and O–H groups in total. The summed E-state index contributed by atoms with van der Waals surface area (Å²) < 4.78 is 27.3. The first-order chi connectivity index (χ1) is 18.9. The van der Waals surface area contributed by atoms with Gasteiger partial charge < -0.3 is 15.1 Å². The van der Waals surface area contributed by atoms with Gasteiger partial charge in [-0.15, -0.1) is 0 Å². The number of hydrogen-bond donors (Lipinski definition) is 1. The van der Waals surface area contributed by atoms with Crippen LogP contribution in [0, 0.1) is 0 Å². The molecule has 0 bridgehead atoms. The van der Waals surface area contributed by atoms with Gasteiger partial charge in [0.25, 0.3) is 11.8 Å². The van der Waals surface area contributed by atoms with Crippen LogP contribution in [0.5, 0.6) is 0 Å². The molecule has 0 radical (unpaired) electrons. The molecule has 0 fully saturated rings. The van der Waals surface area contributed by atoms with Crippen molar-refractivity contribution in [1.29, 1.82) is 0 Å². The van der Waals surface area contributed by atoms with Gasteiger partial charge in [0.2, 0.25) is 9.84 Å². The molecule has 1 heterocycles. The Morgan fingerprint density at radius 3 is 2.23 bits per heavy atom. The number of likely N-dealkylation sites (N-methyl/N-ethyl adjacent to an activating group) is 1. The van der Waals surface area contributed by atoms with Crippen molar-refractivity contribution in [2.24, 2.45) is 0 Å². The molecule has 0 aromatic heterocycles. The van der Waals surface area contributed by atoms with Crippen molar-refractivity contribution in [3.63, 3.8) is 0 Å². The molecule has 4 aromatic rings. The van der Waals surface area contributed by atoms with Crippen molar-refractivity contribution in [2.75, 3.05) is 29.4 Å².